The third kappa shape index (κ3) is 2.96. The van der Waals surface area contributed by atoms with Gasteiger partial charge >= 0.3 is 0 Å². The largest absolute Gasteiger partial charge is 0.375 e. The van der Waals surface area contributed by atoms with Gasteiger partial charge < -0.3 is 15.4 Å². The summed E-state index contributed by atoms with van der Waals surface area (Å²) in [5.74, 6) is -0.162. The van der Waals surface area contributed by atoms with Crippen LogP contribution in [-0.4, -0.2) is 32.3 Å². The lowest BCUT2D eigenvalue weighted by Gasteiger charge is -2.33. The summed E-state index contributed by atoms with van der Waals surface area (Å²) in [4.78, 5) is 2.04. The maximum Gasteiger partial charge on any atom is 0.146 e. The Labute approximate surface area is 101 Å². The van der Waals surface area contributed by atoms with E-state index in [-0.39, 0.29) is 11.9 Å². The fourth-order valence-electron chi connectivity index (χ4n) is 2.17. The van der Waals surface area contributed by atoms with E-state index in [0.717, 1.165) is 25.1 Å². The number of morpholine rings is 1. The molecular formula is C13H19FN2O. The molecule has 1 heterocycles. The molecule has 2 rings (SSSR count). The van der Waals surface area contributed by atoms with Crippen molar-refractivity contribution >= 4 is 5.69 Å². The van der Waals surface area contributed by atoms with Crippen molar-refractivity contribution in [2.45, 2.75) is 19.4 Å². The molecule has 2 N–H and O–H groups in total. The van der Waals surface area contributed by atoms with E-state index in [4.69, 9.17) is 10.5 Å². The number of anilines is 1. The average Bonchev–Trinajstić information content (AvgIpc) is 2.29. The molecule has 1 saturated heterocycles. The van der Waals surface area contributed by atoms with E-state index in [1.54, 1.807) is 6.07 Å². The van der Waals surface area contributed by atoms with E-state index in [2.05, 4.69) is 0 Å². The second kappa shape index (κ2) is 5.47. The second-order valence-electron chi connectivity index (χ2n) is 4.45. The standard InChI is InChI=1S/C13H19FN2O/c1-10-9-16(6-7-17-10)13-3-2-11(4-5-15)8-12(13)14/h2-3,8,10H,4-7,9,15H2,1H3. The Kier molecular flexibility index (Phi) is 3.97. The zero-order valence-corrected chi connectivity index (χ0v) is 10.2. The lowest BCUT2D eigenvalue weighted by atomic mass is 10.1. The van der Waals surface area contributed by atoms with Crippen LogP contribution in [0.1, 0.15) is 12.5 Å². The summed E-state index contributed by atoms with van der Waals surface area (Å²) in [6.07, 6.45) is 0.878. The summed E-state index contributed by atoms with van der Waals surface area (Å²) in [7, 11) is 0. The predicted octanol–water partition coefficient (Wildman–Crippen LogP) is 1.55. The van der Waals surface area contributed by atoms with Crippen LogP contribution in [0.2, 0.25) is 0 Å². The number of halogens is 1. The number of nitrogens with zero attached hydrogens (tertiary/aromatic N) is 1. The van der Waals surface area contributed by atoms with E-state index >= 15 is 0 Å². The lowest BCUT2D eigenvalue weighted by Crippen LogP contribution is -2.41. The molecule has 94 valence electrons. The third-order valence-electron chi connectivity index (χ3n) is 3.03. The first kappa shape index (κ1) is 12.3. The normalized spacial score (nSPS) is 20.6. The maximum atomic E-state index is 14.0. The van der Waals surface area contributed by atoms with E-state index in [0.29, 0.717) is 18.8 Å². The number of benzene rings is 1. The molecule has 1 fully saturated rings. The van der Waals surface area contributed by atoms with Crippen LogP contribution in [0.25, 0.3) is 0 Å². The van der Waals surface area contributed by atoms with E-state index in [9.17, 15) is 4.39 Å². The molecule has 1 aromatic rings. The Morgan fingerprint density at radius 3 is 3.00 bits per heavy atom. The van der Waals surface area contributed by atoms with Crippen LogP contribution in [0, 0.1) is 5.82 Å². The molecule has 0 bridgehead atoms. The predicted molar refractivity (Wildman–Crippen MR) is 66.8 cm³/mol. The van der Waals surface area contributed by atoms with Crippen molar-refractivity contribution in [3.05, 3.63) is 29.6 Å². The quantitative estimate of drug-likeness (QED) is 0.868. The van der Waals surface area contributed by atoms with Crippen LogP contribution in [0.15, 0.2) is 18.2 Å². The van der Waals surface area contributed by atoms with Gasteiger partial charge in [-0.25, -0.2) is 4.39 Å². The van der Waals surface area contributed by atoms with Crippen LogP contribution in [0.3, 0.4) is 0 Å². The highest BCUT2D eigenvalue weighted by molar-refractivity contribution is 5.49. The van der Waals surface area contributed by atoms with Gasteiger partial charge in [0.15, 0.2) is 0 Å². The zero-order chi connectivity index (χ0) is 12.3. The summed E-state index contributed by atoms with van der Waals surface area (Å²) in [5, 5.41) is 0. The van der Waals surface area contributed by atoms with Crippen molar-refractivity contribution in [1.82, 2.24) is 0 Å². The maximum absolute atomic E-state index is 14.0. The molecule has 0 saturated carbocycles. The van der Waals surface area contributed by atoms with Crippen LogP contribution in [-0.2, 0) is 11.2 Å². The Bertz CT molecular complexity index is 384. The minimum Gasteiger partial charge on any atom is -0.375 e. The third-order valence-corrected chi connectivity index (χ3v) is 3.03. The topological polar surface area (TPSA) is 38.5 Å². The zero-order valence-electron chi connectivity index (χ0n) is 10.2. The van der Waals surface area contributed by atoms with Crippen molar-refractivity contribution in [3.63, 3.8) is 0 Å². The van der Waals surface area contributed by atoms with E-state index in [1.807, 2.05) is 24.0 Å². The van der Waals surface area contributed by atoms with Gasteiger partial charge in [-0.05, 0) is 37.6 Å². The highest BCUT2D eigenvalue weighted by atomic mass is 19.1. The Morgan fingerprint density at radius 1 is 1.53 bits per heavy atom. The monoisotopic (exact) mass is 238 g/mol. The first-order valence-corrected chi connectivity index (χ1v) is 6.05. The molecule has 1 unspecified atom stereocenters. The Hall–Kier alpha value is -1.13. The molecule has 4 heteroatoms. The van der Waals surface area contributed by atoms with Gasteiger partial charge in [0.25, 0.3) is 0 Å². The SMILES string of the molecule is CC1CN(c2ccc(CCN)cc2F)CCO1. The number of ether oxygens (including phenoxy) is 1. The van der Waals surface area contributed by atoms with Gasteiger partial charge in [-0.15, -0.1) is 0 Å². The molecule has 3 nitrogen and oxygen atoms in total. The average molecular weight is 238 g/mol. The molecule has 0 aliphatic carbocycles. The molecule has 1 aliphatic heterocycles. The van der Waals surface area contributed by atoms with Gasteiger partial charge in [0, 0.05) is 13.1 Å². The highest BCUT2D eigenvalue weighted by Crippen LogP contribution is 2.22. The summed E-state index contributed by atoms with van der Waals surface area (Å²) in [5.41, 5.74) is 7.08. The smallest absolute Gasteiger partial charge is 0.146 e. The van der Waals surface area contributed by atoms with Gasteiger partial charge in [-0.2, -0.15) is 0 Å². The van der Waals surface area contributed by atoms with Crippen molar-refractivity contribution in [1.29, 1.82) is 0 Å². The van der Waals surface area contributed by atoms with Crippen LogP contribution >= 0.6 is 0 Å². The fraction of sp³-hybridized carbons (Fsp3) is 0.538. The first-order chi connectivity index (χ1) is 8.20. The number of hydrogen-bond acceptors (Lipinski definition) is 3. The second-order valence-corrected chi connectivity index (χ2v) is 4.45. The van der Waals surface area contributed by atoms with Gasteiger partial charge in [0.1, 0.15) is 5.82 Å². The first-order valence-electron chi connectivity index (χ1n) is 6.05. The molecule has 0 radical (unpaired) electrons. The molecule has 17 heavy (non-hydrogen) atoms. The number of hydrogen-bond donors (Lipinski definition) is 1. The summed E-state index contributed by atoms with van der Waals surface area (Å²) in [6, 6.07) is 5.38. The van der Waals surface area contributed by atoms with Gasteiger partial charge in [-0.3, -0.25) is 0 Å². The minimum absolute atomic E-state index is 0.159. The summed E-state index contributed by atoms with van der Waals surface area (Å²) >= 11 is 0. The van der Waals surface area contributed by atoms with Crippen molar-refractivity contribution < 1.29 is 9.13 Å². The van der Waals surface area contributed by atoms with Crippen molar-refractivity contribution in [3.8, 4) is 0 Å². The minimum atomic E-state index is -0.162. The molecule has 1 atom stereocenters. The van der Waals surface area contributed by atoms with Crippen molar-refractivity contribution in [2.75, 3.05) is 31.1 Å². The summed E-state index contributed by atoms with van der Waals surface area (Å²) in [6.45, 7) is 4.70. The lowest BCUT2D eigenvalue weighted by molar-refractivity contribution is 0.0530. The highest BCUT2D eigenvalue weighted by Gasteiger charge is 2.19. The van der Waals surface area contributed by atoms with Gasteiger partial charge in [0.05, 0.1) is 18.4 Å². The van der Waals surface area contributed by atoms with Crippen LogP contribution < -0.4 is 10.6 Å². The van der Waals surface area contributed by atoms with Crippen LogP contribution in [0.5, 0.6) is 0 Å². The molecule has 0 amide bonds. The molecule has 0 aromatic heterocycles. The Morgan fingerprint density at radius 2 is 2.35 bits per heavy atom. The van der Waals surface area contributed by atoms with Crippen LogP contribution in [0.4, 0.5) is 10.1 Å². The Balaban J connectivity index is 2.15. The molecular weight excluding hydrogens is 219 g/mol. The molecule has 1 aromatic carbocycles. The van der Waals surface area contributed by atoms with E-state index in [1.165, 1.54) is 0 Å². The van der Waals surface area contributed by atoms with Gasteiger partial charge in [0.2, 0.25) is 0 Å². The number of rotatable bonds is 3. The molecule has 0 spiro atoms. The van der Waals surface area contributed by atoms with Gasteiger partial charge in [-0.1, -0.05) is 6.07 Å². The van der Waals surface area contributed by atoms with Crippen molar-refractivity contribution in [2.24, 2.45) is 5.73 Å². The molecule has 1 aliphatic rings. The fourth-order valence-corrected chi connectivity index (χ4v) is 2.17. The number of nitrogens with two attached hydrogens (primary N) is 1. The summed E-state index contributed by atoms with van der Waals surface area (Å²) < 4.78 is 19.4. The van der Waals surface area contributed by atoms with E-state index < -0.39 is 0 Å².